The smallest absolute Gasteiger partial charge is 0.340 e. The van der Waals surface area contributed by atoms with Crippen molar-refractivity contribution in [2.45, 2.75) is 26.8 Å². The minimum Gasteiger partial charge on any atom is -0.478 e. The molecule has 96 valence electrons. The molecule has 0 saturated heterocycles. The van der Waals surface area contributed by atoms with Crippen molar-refractivity contribution in [1.82, 2.24) is 14.2 Å². The Kier molecular flexibility index (Phi) is 3.33. The maximum atomic E-state index is 11.1. The van der Waals surface area contributed by atoms with Crippen molar-refractivity contribution in [2.24, 2.45) is 0 Å². The largest absolute Gasteiger partial charge is 0.478 e. The molecule has 0 bridgehead atoms. The van der Waals surface area contributed by atoms with E-state index >= 15 is 0 Å². The molecule has 0 saturated carbocycles. The fourth-order valence-electron chi connectivity index (χ4n) is 1.52. The molecular formula is C11H14N4O2S. The van der Waals surface area contributed by atoms with Gasteiger partial charge in [0.2, 0.25) is 0 Å². The number of hydrogen-bond acceptors (Lipinski definition) is 5. The molecule has 2 aromatic rings. The van der Waals surface area contributed by atoms with E-state index in [-0.39, 0.29) is 11.6 Å². The van der Waals surface area contributed by atoms with Gasteiger partial charge in [0.05, 0.1) is 17.6 Å². The molecule has 0 aromatic carbocycles. The molecule has 2 N–H and O–H groups in total. The number of carboxylic acids is 1. The van der Waals surface area contributed by atoms with Crippen molar-refractivity contribution >= 4 is 28.2 Å². The Morgan fingerprint density at radius 1 is 1.56 bits per heavy atom. The number of anilines is 2. The molecule has 0 fully saturated rings. The summed E-state index contributed by atoms with van der Waals surface area (Å²) in [4.78, 5) is 11.1. The van der Waals surface area contributed by atoms with Crippen LogP contribution in [0.5, 0.6) is 0 Å². The molecule has 0 unspecified atom stereocenters. The van der Waals surface area contributed by atoms with Crippen LogP contribution in [0.25, 0.3) is 0 Å². The number of rotatable bonds is 4. The van der Waals surface area contributed by atoms with Gasteiger partial charge in [-0.05, 0) is 32.3 Å². The van der Waals surface area contributed by atoms with Gasteiger partial charge in [-0.2, -0.15) is 9.47 Å². The summed E-state index contributed by atoms with van der Waals surface area (Å²) in [5, 5.41) is 16.9. The highest BCUT2D eigenvalue weighted by molar-refractivity contribution is 7.10. The quantitative estimate of drug-likeness (QED) is 0.889. The normalized spacial score (nSPS) is 10.9. The molecule has 0 aliphatic carbocycles. The Morgan fingerprint density at radius 3 is 2.83 bits per heavy atom. The molecule has 0 aliphatic heterocycles. The van der Waals surface area contributed by atoms with Gasteiger partial charge in [-0.25, -0.2) is 4.79 Å². The summed E-state index contributed by atoms with van der Waals surface area (Å²) in [6.07, 6.45) is 3.51. The van der Waals surface area contributed by atoms with Crippen molar-refractivity contribution in [2.75, 3.05) is 5.32 Å². The van der Waals surface area contributed by atoms with Crippen LogP contribution in [0.1, 0.15) is 35.9 Å². The average Bonchev–Trinajstić information content (AvgIpc) is 2.86. The van der Waals surface area contributed by atoms with Crippen LogP contribution < -0.4 is 5.32 Å². The lowest BCUT2D eigenvalue weighted by Crippen LogP contribution is -2.01. The third-order valence-corrected chi connectivity index (χ3v) is 3.32. The van der Waals surface area contributed by atoms with E-state index in [1.807, 2.05) is 20.0 Å². The monoisotopic (exact) mass is 266 g/mol. The molecular weight excluding hydrogens is 252 g/mol. The van der Waals surface area contributed by atoms with Crippen LogP contribution in [0.2, 0.25) is 0 Å². The Balaban J connectivity index is 2.26. The lowest BCUT2D eigenvalue weighted by atomic mass is 10.2. The van der Waals surface area contributed by atoms with E-state index in [1.54, 1.807) is 17.8 Å². The van der Waals surface area contributed by atoms with Gasteiger partial charge >= 0.3 is 5.97 Å². The molecule has 0 radical (unpaired) electrons. The maximum absolute atomic E-state index is 11.1. The Labute approximate surface area is 108 Å². The third-order valence-electron chi connectivity index (χ3n) is 2.47. The summed E-state index contributed by atoms with van der Waals surface area (Å²) in [6, 6.07) is 0.266. The van der Waals surface area contributed by atoms with Gasteiger partial charge in [-0.3, -0.25) is 4.68 Å². The fraction of sp³-hybridized carbons (Fsp3) is 0.364. The van der Waals surface area contributed by atoms with Gasteiger partial charge in [0.1, 0.15) is 10.6 Å². The van der Waals surface area contributed by atoms with Crippen LogP contribution >= 0.6 is 11.5 Å². The van der Waals surface area contributed by atoms with Gasteiger partial charge in [-0.1, -0.05) is 0 Å². The summed E-state index contributed by atoms with van der Waals surface area (Å²) >= 11 is 1.14. The average molecular weight is 266 g/mol. The minimum absolute atomic E-state index is 0.220. The molecule has 0 amide bonds. The number of aryl methyl sites for hydroxylation is 1. The first kappa shape index (κ1) is 12.6. The van der Waals surface area contributed by atoms with Crippen LogP contribution in [-0.4, -0.2) is 25.2 Å². The van der Waals surface area contributed by atoms with E-state index in [0.717, 1.165) is 17.2 Å². The lowest BCUT2D eigenvalue weighted by molar-refractivity contribution is 0.0697. The molecule has 0 atom stereocenters. The number of carboxylic acid groups (broad SMARTS) is 1. The number of nitrogens with one attached hydrogen (secondary N) is 1. The van der Waals surface area contributed by atoms with Crippen LogP contribution in [-0.2, 0) is 0 Å². The van der Waals surface area contributed by atoms with E-state index in [9.17, 15) is 4.79 Å². The Hall–Kier alpha value is -1.89. The second kappa shape index (κ2) is 4.77. The van der Waals surface area contributed by atoms with Crippen molar-refractivity contribution in [1.29, 1.82) is 0 Å². The number of nitrogens with zero attached hydrogens (tertiary/aromatic N) is 3. The summed E-state index contributed by atoms with van der Waals surface area (Å²) in [7, 11) is 0. The van der Waals surface area contributed by atoms with E-state index in [2.05, 4.69) is 14.8 Å². The Bertz CT molecular complexity index is 573. The highest BCUT2D eigenvalue weighted by atomic mass is 32.1. The fourth-order valence-corrected chi connectivity index (χ4v) is 2.33. The second-order valence-corrected chi connectivity index (χ2v) is 4.98. The molecule has 0 aliphatic rings. The summed E-state index contributed by atoms with van der Waals surface area (Å²) in [5.41, 5.74) is 1.50. The van der Waals surface area contributed by atoms with Crippen molar-refractivity contribution in [3.63, 3.8) is 0 Å². The zero-order chi connectivity index (χ0) is 13.3. The topological polar surface area (TPSA) is 80.0 Å². The number of aromatic carboxylic acids is 1. The van der Waals surface area contributed by atoms with E-state index in [0.29, 0.717) is 10.7 Å². The van der Waals surface area contributed by atoms with Crippen LogP contribution in [0, 0.1) is 6.92 Å². The van der Waals surface area contributed by atoms with Gasteiger partial charge < -0.3 is 10.4 Å². The molecule has 2 rings (SSSR count). The van der Waals surface area contributed by atoms with Crippen LogP contribution in [0.3, 0.4) is 0 Å². The predicted octanol–water partition coefficient (Wildman–Crippen LogP) is 2.67. The molecule has 7 heteroatoms. The van der Waals surface area contributed by atoms with Crippen LogP contribution in [0.4, 0.5) is 10.7 Å². The SMILES string of the molecule is Cc1nsc(Nc2cnn(C(C)C)c2)c1C(=O)O. The predicted molar refractivity (Wildman–Crippen MR) is 69.7 cm³/mol. The maximum Gasteiger partial charge on any atom is 0.340 e. The van der Waals surface area contributed by atoms with Crippen molar-refractivity contribution < 1.29 is 9.90 Å². The Morgan fingerprint density at radius 2 is 2.28 bits per heavy atom. The van der Waals surface area contributed by atoms with Gasteiger partial charge in [0.15, 0.2) is 0 Å². The van der Waals surface area contributed by atoms with Gasteiger partial charge in [0.25, 0.3) is 0 Å². The van der Waals surface area contributed by atoms with Crippen LogP contribution in [0.15, 0.2) is 12.4 Å². The first-order valence-corrected chi connectivity index (χ1v) is 6.27. The number of hydrogen-bond donors (Lipinski definition) is 2. The molecule has 2 aromatic heterocycles. The third kappa shape index (κ3) is 2.35. The summed E-state index contributed by atoms with van der Waals surface area (Å²) in [6.45, 7) is 5.73. The number of carbonyl (C=O) groups is 1. The summed E-state index contributed by atoms with van der Waals surface area (Å²) < 4.78 is 5.85. The van der Waals surface area contributed by atoms with Gasteiger partial charge in [-0.15, -0.1) is 0 Å². The first-order chi connectivity index (χ1) is 8.49. The van der Waals surface area contributed by atoms with Crippen molar-refractivity contribution in [3.05, 3.63) is 23.7 Å². The molecule has 0 spiro atoms. The summed E-state index contributed by atoms with van der Waals surface area (Å²) in [5.74, 6) is -0.972. The highest BCUT2D eigenvalue weighted by Crippen LogP contribution is 2.28. The van der Waals surface area contributed by atoms with E-state index in [1.165, 1.54) is 0 Å². The highest BCUT2D eigenvalue weighted by Gasteiger charge is 2.18. The molecule has 6 nitrogen and oxygen atoms in total. The lowest BCUT2D eigenvalue weighted by Gasteiger charge is -2.04. The first-order valence-electron chi connectivity index (χ1n) is 5.49. The minimum atomic E-state index is -0.972. The zero-order valence-electron chi connectivity index (χ0n) is 10.3. The number of aromatic nitrogens is 3. The molecule has 2 heterocycles. The standard InChI is InChI=1S/C11H14N4O2S/c1-6(2)15-5-8(4-12-15)13-10-9(11(16)17)7(3)14-18-10/h4-6,13H,1-3H3,(H,16,17). The zero-order valence-corrected chi connectivity index (χ0v) is 11.2. The van der Waals surface area contributed by atoms with E-state index in [4.69, 9.17) is 5.11 Å². The molecule has 18 heavy (non-hydrogen) atoms. The van der Waals surface area contributed by atoms with Gasteiger partial charge in [0, 0.05) is 12.2 Å². The second-order valence-electron chi connectivity index (χ2n) is 4.21. The van der Waals surface area contributed by atoms with Crippen molar-refractivity contribution in [3.8, 4) is 0 Å². The van der Waals surface area contributed by atoms with E-state index < -0.39 is 5.97 Å².